The van der Waals surface area contributed by atoms with E-state index in [4.69, 9.17) is 16.3 Å². The van der Waals surface area contributed by atoms with Gasteiger partial charge in [0.05, 0.1) is 13.2 Å². The van der Waals surface area contributed by atoms with Crippen LogP contribution in [0.15, 0.2) is 24.4 Å². The van der Waals surface area contributed by atoms with Crippen LogP contribution in [-0.4, -0.2) is 56.1 Å². The third kappa shape index (κ3) is 3.95. The molecule has 1 aromatic heterocycles. The third-order valence-corrected chi connectivity index (χ3v) is 3.11. The second-order valence-electron chi connectivity index (χ2n) is 4.77. The molecule has 1 aliphatic heterocycles. The molecule has 1 aliphatic rings. The molecule has 0 N–H and O–H groups in total. The average Bonchev–Trinajstić information content (AvgIpc) is 2.45. The average molecular weight is 296 g/mol. The molecule has 1 aromatic rings. The van der Waals surface area contributed by atoms with Crippen molar-refractivity contribution < 1.29 is 9.53 Å². The standard InChI is InChI=1S/C14H18ClN3O2/c1-17(2)4-3-13(19)12-9-11(15)10-14(16-12)18-5-7-20-8-6-18/h3-4,9-10H,5-8H2,1-2H3/b4-3+. The predicted molar refractivity (Wildman–Crippen MR) is 79.4 cm³/mol. The molecule has 1 saturated heterocycles. The van der Waals surface area contributed by atoms with Crippen molar-refractivity contribution in [1.29, 1.82) is 0 Å². The highest BCUT2D eigenvalue weighted by Gasteiger charge is 2.15. The summed E-state index contributed by atoms with van der Waals surface area (Å²) in [7, 11) is 3.71. The summed E-state index contributed by atoms with van der Waals surface area (Å²) in [5, 5.41) is 0.517. The Morgan fingerprint density at radius 2 is 2.10 bits per heavy atom. The molecule has 0 aromatic carbocycles. The van der Waals surface area contributed by atoms with Gasteiger partial charge in [-0.1, -0.05) is 11.6 Å². The molecular weight excluding hydrogens is 278 g/mol. The van der Waals surface area contributed by atoms with E-state index >= 15 is 0 Å². The minimum atomic E-state index is -0.157. The smallest absolute Gasteiger partial charge is 0.205 e. The van der Waals surface area contributed by atoms with Crippen LogP contribution in [0.3, 0.4) is 0 Å². The van der Waals surface area contributed by atoms with E-state index in [1.54, 1.807) is 23.2 Å². The van der Waals surface area contributed by atoms with E-state index in [2.05, 4.69) is 9.88 Å². The van der Waals surface area contributed by atoms with Gasteiger partial charge in [-0.15, -0.1) is 0 Å². The van der Waals surface area contributed by atoms with Crippen molar-refractivity contribution in [1.82, 2.24) is 9.88 Å². The Balaban J connectivity index is 2.21. The second kappa shape index (κ2) is 6.72. The van der Waals surface area contributed by atoms with Crippen molar-refractivity contribution in [3.05, 3.63) is 35.1 Å². The number of ether oxygens (including phenoxy) is 1. The Bertz CT molecular complexity index is 511. The lowest BCUT2D eigenvalue weighted by molar-refractivity contribution is 0.104. The van der Waals surface area contributed by atoms with Crippen LogP contribution in [0, 0.1) is 0 Å². The monoisotopic (exact) mass is 295 g/mol. The van der Waals surface area contributed by atoms with Crippen molar-refractivity contribution in [3.63, 3.8) is 0 Å². The number of morpholine rings is 1. The number of anilines is 1. The molecule has 0 bridgehead atoms. The van der Waals surface area contributed by atoms with Gasteiger partial charge >= 0.3 is 0 Å². The molecule has 108 valence electrons. The fourth-order valence-corrected chi connectivity index (χ4v) is 2.07. The Labute approximate surface area is 123 Å². The van der Waals surface area contributed by atoms with E-state index < -0.39 is 0 Å². The lowest BCUT2D eigenvalue weighted by Crippen LogP contribution is -2.36. The highest BCUT2D eigenvalue weighted by atomic mass is 35.5. The zero-order valence-electron chi connectivity index (χ0n) is 11.7. The number of hydrogen-bond donors (Lipinski definition) is 0. The Morgan fingerprint density at radius 3 is 2.75 bits per heavy atom. The zero-order chi connectivity index (χ0) is 14.5. The van der Waals surface area contributed by atoms with Crippen LogP contribution in [0.5, 0.6) is 0 Å². The van der Waals surface area contributed by atoms with E-state index in [1.165, 1.54) is 6.08 Å². The van der Waals surface area contributed by atoms with E-state index in [1.807, 2.05) is 14.1 Å². The lowest BCUT2D eigenvalue weighted by Gasteiger charge is -2.28. The van der Waals surface area contributed by atoms with E-state index in [9.17, 15) is 4.79 Å². The number of aromatic nitrogens is 1. The van der Waals surface area contributed by atoms with Gasteiger partial charge in [-0.25, -0.2) is 4.98 Å². The Kier molecular flexibility index (Phi) is 4.98. The predicted octanol–water partition coefficient (Wildman–Crippen LogP) is 1.83. The fourth-order valence-electron chi connectivity index (χ4n) is 1.87. The van der Waals surface area contributed by atoms with Crippen molar-refractivity contribution in [2.24, 2.45) is 0 Å². The highest BCUT2D eigenvalue weighted by Crippen LogP contribution is 2.20. The topological polar surface area (TPSA) is 45.7 Å². The quantitative estimate of drug-likeness (QED) is 0.626. The SMILES string of the molecule is CN(C)/C=C/C(=O)c1cc(Cl)cc(N2CCOCC2)n1. The summed E-state index contributed by atoms with van der Waals surface area (Å²) in [5.74, 6) is 0.568. The van der Waals surface area contributed by atoms with Gasteiger partial charge in [-0.3, -0.25) is 4.79 Å². The molecule has 0 aliphatic carbocycles. The molecule has 0 amide bonds. The third-order valence-electron chi connectivity index (χ3n) is 2.89. The number of ketones is 1. The number of halogens is 1. The summed E-state index contributed by atoms with van der Waals surface area (Å²) in [6, 6.07) is 3.37. The number of carbonyl (C=O) groups is 1. The Morgan fingerprint density at radius 1 is 1.40 bits per heavy atom. The molecule has 0 spiro atoms. The van der Waals surface area contributed by atoms with Crippen LogP contribution in [-0.2, 0) is 4.74 Å². The number of allylic oxidation sites excluding steroid dienone is 1. The number of rotatable bonds is 4. The first-order chi connectivity index (χ1) is 9.56. The summed E-state index contributed by atoms with van der Waals surface area (Å²) < 4.78 is 5.31. The van der Waals surface area contributed by atoms with Crippen LogP contribution in [0.25, 0.3) is 0 Å². The minimum Gasteiger partial charge on any atom is -0.383 e. The lowest BCUT2D eigenvalue weighted by atomic mass is 10.2. The van der Waals surface area contributed by atoms with Gasteiger partial charge in [0.2, 0.25) is 5.78 Å². The number of carbonyl (C=O) groups excluding carboxylic acids is 1. The van der Waals surface area contributed by atoms with Crippen molar-refractivity contribution >= 4 is 23.2 Å². The number of nitrogens with zero attached hydrogens (tertiary/aromatic N) is 3. The van der Waals surface area contributed by atoms with Gasteiger partial charge in [0.25, 0.3) is 0 Å². The molecule has 0 unspecified atom stereocenters. The first kappa shape index (κ1) is 14.8. The normalized spacial score (nSPS) is 15.7. The van der Waals surface area contributed by atoms with E-state index in [0.29, 0.717) is 23.9 Å². The minimum absolute atomic E-state index is 0.157. The molecule has 2 rings (SSSR count). The molecule has 2 heterocycles. The summed E-state index contributed by atoms with van der Waals surface area (Å²) in [6.07, 6.45) is 3.18. The maximum Gasteiger partial charge on any atom is 0.205 e. The van der Waals surface area contributed by atoms with Crippen molar-refractivity contribution in [2.75, 3.05) is 45.3 Å². The Hall–Kier alpha value is -1.59. The molecule has 6 heteroatoms. The molecule has 5 nitrogen and oxygen atoms in total. The van der Waals surface area contributed by atoms with Gasteiger partial charge in [-0.2, -0.15) is 0 Å². The molecular formula is C14H18ClN3O2. The first-order valence-electron chi connectivity index (χ1n) is 6.45. The maximum atomic E-state index is 12.1. The van der Waals surface area contributed by atoms with Crippen LogP contribution in [0.2, 0.25) is 5.02 Å². The van der Waals surface area contributed by atoms with E-state index in [0.717, 1.165) is 18.9 Å². The molecule has 0 saturated carbocycles. The number of hydrogen-bond acceptors (Lipinski definition) is 5. The largest absolute Gasteiger partial charge is 0.383 e. The summed E-state index contributed by atoms with van der Waals surface area (Å²) >= 11 is 6.09. The summed E-state index contributed by atoms with van der Waals surface area (Å²) in [4.78, 5) is 20.3. The van der Waals surface area contributed by atoms with Crippen LogP contribution in [0.4, 0.5) is 5.82 Å². The number of pyridine rings is 1. The van der Waals surface area contributed by atoms with Gasteiger partial charge in [0, 0.05) is 44.5 Å². The van der Waals surface area contributed by atoms with Crippen LogP contribution >= 0.6 is 11.6 Å². The highest BCUT2D eigenvalue weighted by molar-refractivity contribution is 6.31. The molecule has 0 atom stereocenters. The summed E-state index contributed by atoms with van der Waals surface area (Å²) in [6.45, 7) is 2.85. The second-order valence-corrected chi connectivity index (χ2v) is 5.21. The van der Waals surface area contributed by atoms with Gasteiger partial charge in [0.1, 0.15) is 11.5 Å². The van der Waals surface area contributed by atoms with Crippen molar-refractivity contribution in [2.45, 2.75) is 0 Å². The molecule has 1 fully saturated rings. The zero-order valence-corrected chi connectivity index (χ0v) is 12.4. The fraction of sp³-hybridized carbons (Fsp3) is 0.429. The van der Waals surface area contributed by atoms with Gasteiger partial charge in [0.15, 0.2) is 0 Å². The van der Waals surface area contributed by atoms with Gasteiger partial charge in [-0.05, 0) is 12.1 Å². The molecule has 0 radical (unpaired) electrons. The van der Waals surface area contributed by atoms with E-state index in [-0.39, 0.29) is 5.78 Å². The van der Waals surface area contributed by atoms with Crippen LogP contribution < -0.4 is 4.90 Å². The molecule has 20 heavy (non-hydrogen) atoms. The van der Waals surface area contributed by atoms with Crippen LogP contribution in [0.1, 0.15) is 10.5 Å². The van der Waals surface area contributed by atoms with Crippen molar-refractivity contribution in [3.8, 4) is 0 Å². The van der Waals surface area contributed by atoms with Gasteiger partial charge < -0.3 is 14.5 Å². The summed E-state index contributed by atoms with van der Waals surface area (Å²) in [5.41, 5.74) is 0.358. The first-order valence-corrected chi connectivity index (χ1v) is 6.83. The maximum absolute atomic E-state index is 12.1.